The number of hydrogen-bond donors (Lipinski definition) is 0. The minimum absolute atomic E-state index is 0.223. The van der Waals surface area contributed by atoms with Crippen LogP contribution in [0.25, 0.3) is 10.2 Å². The molecule has 0 amide bonds. The Morgan fingerprint density at radius 2 is 1.81 bits per heavy atom. The van der Waals surface area contributed by atoms with E-state index in [-0.39, 0.29) is 5.78 Å². The van der Waals surface area contributed by atoms with E-state index in [1.807, 2.05) is 48.5 Å². The second-order valence-electron chi connectivity index (χ2n) is 4.69. The lowest BCUT2D eigenvalue weighted by atomic mass is 10.1. The number of Topliss-reactive ketones (excluding diaryl/α,β-unsaturated/α-hetero) is 1. The molecule has 0 atom stereocenters. The number of thiazole rings is 1. The molecule has 0 aliphatic carbocycles. The van der Waals surface area contributed by atoms with Crippen LogP contribution in [0.5, 0.6) is 0 Å². The zero-order chi connectivity index (χ0) is 14.5. The molecule has 0 saturated carbocycles. The molecule has 3 aromatic rings. The van der Waals surface area contributed by atoms with Crippen molar-refractivity contribution >= 4 is 39.1 Å². The van der Waals surface area contributed by atoms with Crippen LogP contribution in [0.4, 0.5) is 0 Å². The highest BCUT2D eigenvalue weighted by Gasteiger charge is 2.06. The molecule has 0 fully saturated rings. The highest BCUT2D eigenvalue weighted by Crippen LogP contribution is 2.29. The second-order valence-corrected chi connectivity index (χ2v) is 7.06. The first-order valence-electron chi connectivity index (χ1n) is 6.89. The Balaban J connectivity index is 1.49. The molecule has 0 unspecified atom stereocenters. The second kappa shape index (κ2) is 6.87. The van der Waals surface area contributed by atoms with Gasteiger partial charge in [0, 0.05) is 17.7 Å². The molecule has 1 heterocycles. The van der Waals surface area contributed by atoms with Gasteiger partial charge in [0.1, 0.15) is 0 Å². The summed E-state index contributed by atoms with van der Waals surface area (Å²) in [7, 11) is 0. The summed E-state index contributed by atoms with van der Waals surface area (Å²) in [6.45, 7) is 0. The van der Waals surface area contributed by atoms with Crippen molar-refractivity contribution in [1.29, 1.82) is 0 Å². The zero-order valence-corrected chi connectivity index (χ0v) is 13.1. The van der Waals surface area contributed by atoms with E-state index in [9.17, 15) is 4.79 Å². The molecule has 106 valence electrons. The third-order valence-corrected chi connectivity index (χ3v) is 5.41. The average molecular weight is 313 g/mol. The summed E-state index contributed by atoms with van der Waals surface area (Å²) in [6.07, 6.45) is 1.48. The Morgan fingerprint density at radius 3 is 2.62 bits per heavy atom. The highest BCUT2D eigenvalue weighted by molar-refractivity contribution is 8.01. The Bertz CT molecular complexity index is 704. The first kappa shape index (κ1) is 14.3. The number of para-hydroxylation sites is 1. The fraction of sp³-hybridized carbons (Fsp3) is 0.176. The van der Waals surface area contributed by atoms with E-state index in [0.29, 0.717) is 6.42 Å². The predicted molar refractivity (Wildman–Crippen MR) is 90.4 cm³/mol. The number of carbonyl (C=O) groups is 1. The lowest BCUT2D eigenvalue weighted by molar-refractivity contribution is 0.0982. The van der Waals surface area contributed by atoms with Gasteiger partial charge in [-0.1, -0.05) is 54.2 Å². The maximum Gasteiger partial charge on any atom is 0.162 e. The first-order chi connectivity index (χ1) is 10.3. The van der Waals surface area contributed by atoms with Crippen molar-refractivity contribution in [3.63, 3.8) is 0 Å². The number of thioether (sulfide) groups is 1. The smallest absolute Gasteiger partial charge is 0.162 e. The van der Waals surface area contributed by atoms with Gasteiger partial charge in [0.15, 0.2) is 10.1 Å². The topological polar surface area (TPSA) is 30.0 Å². The van der Waals surface area contributed by atoms with E-state index >= 15 is 0 Å². The summed E-state index contributed by atoms with van der Waals surface area (Å²) < 4.78 is 2.31. The SMILES string of the molecule is O=C(CCCSc1nc2ccccc2s1)c1ccccc1. The third kappa shape index (κ3) is 3.71. The Labute approximate surface area is 132 Å². The van der Waals surface area contributed by atoms with E-state index in [4.69, 9.17) is 0 Å². The van der Waals surface area contributed by atoms with Crippen molar-refractivity contribution in [2.75, 3.05) is 5.75 Å². The summed E-state index contributed by atoms with van der Waals surface area (Å²) in [5, 5.41) is 0. The third-order valence-electron chi connectivity index (χ3n) is 3.14. The zero-order valence-electron chi connectivity index (χ0n) is 11.5. The molecule has 4 heteroatoms. The van der Waals surface area contributed by atoms with Gasteiger partial charge < -0.3 is 0 Å². The number of aromatic nitrogens is 1. The van der Waals surface area contributed by atoms with Gasteiger partial charge in [-0.05, 0) is 18.6 Å². The van der Waals surface area contributed by atoms with E-state index in [0.717, 1.165) is 27.6 Å². The van der Waals surface area contributed by atoms with Crippen LogP contribution in [-0.4, -0.2) is 16.5 Å². The van der Waals surface area contributed by atoms with Crippen LogP contribution in [0.2, 0.25) is 0 Å². The number of carbonyl (C=O) groups excluding carboxylic acids is 1. The first-order valence-corrected chi connectivity index (χ1v) is 8.70. The lowest BCUT2D eigenvalue weighted by Crippen LogP contribution is -1.98. The van der Waals surface area contributed by atoms with Gasteiger partial charge in [0.05, 0.1) is 10.2 Å². The minimum atomic E-state index is 0.223. The monoisotopic (exact) mass is 313 g/mol. The molecular weight excluding hydrogens is 298 g/mol. The summed E-state index contributed by atoms with van der Waals surface area (Å²) in [4.78, 5) is 16.6. The lowest BCUT2D eigenvalue weighted by Gasteiger charge is -2.00. The Hall–Kier alpha value is -1.65. The number of hydrogen-bond acceptors (Lipinski definition) is 4. The molecule has 21 heavy (non-hydrogen) atoms. The van der Waals surface area contributed by atoms with E-state index in [1.54, 1.807) is 23.1 Å². The predicted octanol–water partition coefficient (Wildman–Crippen LogP) is 5.05. The van der Waals surface area contributed by atoms with E-state index in [1.165, 1.54) is 4.70 Å². The van der Waals surface area contributed by atoms with Gasteiger partial charge in [-0.3, -0.25) is 4.79 Å². The Kier molecular flexibility index (Phi) is 4.68. The molecule has 0 radical (unpaired) electrons. The van der Waals surface area contributed by atoms with Gasteiger partial charge in [0.2, 0.25) is 0 Å². The molecule has 3 rings (SSSR count). The largest absolute Gasteiger partial charge is 0.294 e. The van der Waals surface area contributed by atoms with Crippen molar-refractivity contribution in [3.8, 4) is 0 Å². The highest BCUT2D eigenvalue weighted by atomic mass is 32.2. The summed E-state index contributed by atoms with van der Waals surface area (Å²) >= 11 is 3.46. The number of benzene rings is 2. The minimum Gasteiger partial charge on any atom is -0.294 e. The van der Waals surface area contributed by atoms with Crippen LogP contribution in [-0.2, 0) is 0 Å². The molecule has 0 spiro atoms. The quantitative estimate of drug-likeness (QED) is 0.362. The molecule has 0 saturated heterocycles. The summed E-state index contributed by atoms with van der Waals surface area (Å²) in [5.41, 5.74) is 1.87. The van der Waals surface area contributed by atoms with Crippen LogP contribution >= 0.6 is 23.1 Å². The van der Waals surface area contributed by atoms with Gasteiger partial charge in [-0.25, -0.2) is 4.98 Å². The fourth-order valence-electron chi connectivity index (χ4n) is 2.07. The van der Waals surface area contributed by atoms with Gasteiger partial charge in [-0.15, -0.1) is 11.3 Å². The van der Waals surface area contributed by atoms with Crippen molar-refractivity contribution in [3.05, 3.63) is 60.2 Å². The van der Waals surface area contributed by atoms with Crippen molar-refractivity contribution in [2.24, 2.45) is 0 Å². The van der Waals surface area contributed by atoms with Crippen LogP contribution in [0.1, 0.15) is 23.2 Å². The molecule has 0 bridgehead atoms. The van der Waals surface area contributed by atoms with Gasteiger partial charge in [0.25, 0.3) is 0 Å². The number of fused-ring (bicyclic) bond motifs is 1. The number of rotatable bonds is 6. The van der Waals surface area contributed by atoms with Crippen molar-refractivity contribution in [2.45, 2.75) is 17.2 Å². The molecule has 0 N–H and O–H groups in total. The van der Waals surface area contributed by atoms with E-state index < -0.39 is 0 Å². The summed E-state index contributed by atoms with van der Waals surface area (Å²) in [5.74, 6) is 1.15. The molecular formula is C17H15NOS2. The average Bonchev–Trinajstić information content (AvgIpc) is 2.95. The van der Waals surface area contributed by atoms with Crippen LogP contribution in [0, 0.1) is 0 Å². The fourth-order valence-corrected chi connectivity index (χ4v) is 4.15. The van der Waals surface area contributed by atoms with Crippen LogP contribution in [0.15, 0.2) is 58.9 Å². The molecule has 0 aliphatic rings. The normalized spacial score (nSPS) is 10.9. The molecule has 2 nitrogen and oxygen atoms in total. The maximum atomic E-state index is 12.0. The van der Waals surface area contributed by atoms with Crippen molar-refractivity contribution in [1.82, 2.24) is 4.98 Å². The Morgan fingerprint density at radius 1 is 1.05 bits per heavy atom. The summed E-state index contributed by atoms with van der Waals surface area (Å²) in [6, 6.07) is 17.7. The van der Waals surface area contributed by atoms with Crippen LogP contribution < -0.4 is 0 Å². The van der Waals surface area contributed by atoms with E-state index in [2.05, 4.69) is 11.1 Å². The maximum absolute atomic E-state index is 12.0. The van der Waals surface area contributed by atoms with Crippen LogP contribution in [0.3, 0.4) is 0 Å². The van der Waals surface area contributed by atoms with Crippen molar-refractivity contribution < 1.29 is 4.79 Å². The number of ketones is 1. The standard InChI is InChI=1S/C17H15NOS2/c19-15(13-7-2-1-3-8-13)10-6-12-20-17-18-14-9-4-5-11-16(14)21-17/h1-5,7-9,11H,6,10,12H2. The van der Waals surface area contributed by atoms with Gasteiger partial charge in [-0.2, -0.15) is 0 Å². The molecule has 0 aliphatic heterocycles. The number of nitrogens with zero attached hydrogens (tertiary/aromatic N) is 1. The van der Waals surface area contributed by atoms with Gasteiger partial charge >= 0.3 is 0 Å². The molecule has 2 aromatic carbocycles. The molecule has 1 aromatic heterocycles.